The second-order valence-corrected chi connectivity index (χ2v) is 6.87. The molecule has 0 aliphatic heterocycles. The summed E-state index contributed by atoms with van der Waals surface area (Å²) in [5.74, 6) is 0.227. The first-order valence-electron chi connectivity index (χ1n) is 6.92. The highest BCUT2D eigenvalue weighted by molar-refractivity contribution is 7.89. The third-order valence-electron chi connectivity index (χ3n) is 3.77. The SMILES string of the molecule is O=S(=O)(N[C@@H]1CCC[C@@H]1Cn1ccnn1)c1ccccn1. The Kier molecular flexibility index (Phi) is 3.98. The minimum Gasteiger partial charge on any atom is -0.252 e. The van der Waals surface area contributed by atoms with Crippen LogP contribution in [0.5, 0.6) is 0 Å². The maximum absolute atomic E-state index is 12.3. The van der Waals surface area contributed by atoms with Crippen molar-refractivity contribution in [2.75, 3.05) is 0 Å². The van der Waals surface area contributed by atoms with E-state index in [4.69, 9.17) is 0 Å². The van der Waals surface area contributed by atoms with E-state index in [0.717, 1.165) is 19.3 Å². The highest BCUT2D eigenvalue weighted by atomic mass is 32.2. The van der Waals surface area contributed by atoms with Gasteiger partial charge in [-0.25, -0.2) is 18.1 Å². The molecule has 0 aromatic carbocycles. The van der Waals surface area contributed by atoms with Gasteiger partial charge in [0.1, 0.15) is 0 Å². The molecule has 7 nitrogen and oxygen atoms in total. The Morgan fingerprint density at radius 1 is 1.29 bits per heavy atom. The second-order valence-electron chi connectivity index (χ2n) is 5.21. The largest absolute Gasteiger partial charge is 0.258 e. The number of sulfonamides is 1. The summed E-state index contributed by atoms with van der Waals surface area (Å²) in [6, 6.07) is 4.79. The Bertz CT molecular complexity index is 672. The van der Waals surface area contributed by atoms with Crippen molar-refractivity contribution in [2.24, 2.45) is 5.92 Å². The van der Waals surface area contributed by atoms with Crippen LogP contribution in [0.1, 0.15) is 19.3 Å². The molecule has 1 fully saturated rings. The maximum Gasteiger partial charge on any atom is 0.258 e. The van der Waals surface area contributed by atoms with E-state index < -0.39 is 10.0 Å². The van der Waals surface area contributed by atoms with E-state index in [-0.39, 0.29) is 17.0 Å². The Hall–Kier alpha value is -1.80. The van der Waals surface area contributed by atoms with Gasteiger partial charge < -0.3 is 0 Å². The lowest BCUT2D eigenvalue weighted by atomic mass is 10.1. The van der Waals surface area contributed by atoms with Crippen LogP contribution in [0.3, 0.4) is 0 Å². The molecule has 0 bridgehead atoms. The average Bonchev–Trinajstić information content (AvgIpc) is 3.13. The van der Waals surface area contributed by atoms with Crippen LogP contribution < -0.4 is 4.72 Å². The van der Waals surface area contributed by atoms with Gasteiger partial charge in [0.15, 0.2) is 5.03 Å². The summed E-state index contributed by atoms with van der Waals surface area (Å²) in [6.45, 7) is 0.676. The summed E-state index contributed by atoms with van der Waals surface area (Å²) >= 11 is 0. The molecule has 21 heavy (non-hydrogen) atoms. The fraction of sp³-hybridized carbons (Fsp3) is 0.462. The lowest BCUT2D eigenvalue weighted by molar-refractivity contribution is 0.367. The van der Waals surface area contributed by atoms with Gasteiger partial charge in [-0.1, -0.05) is 17.7 Å². The zero-order valence-electron chi connectivity index (χ0n) is 11.5. The molecular formula is C13H17N5O2S. The van der Waals surface area contributed by atoms with Gasteiger partial charge in [-0.2, -0.15) is 0 Å². The van der Waals surface area contributed by atoms with Crippen molar-refractivity contribution in [3.8, 4) is 0 Å². The summed E-state index contributed by atoms with van der Waals surface area (Å²) in [5.41, 5.74) is 0. The first-order valence-corrected chi connectivity index (χ1v) is 8.41. The van der Waals surface area contributed by atoms with Crippen molar-refractivity contribution in [1.29, 1.82) is 0 Å². The van der Waals surface area contributed by atoms with Gasteiger partial charge in [0.2, 0.25) is 0 Å². The molecule has 112 valence electrons. The topological polar surface area (TPSA) is 89.8 Å². The van der Waals surface area contributed by atoms with Gasteiger partial charge >= 0.3 is 0 Å². The molecule has 0 amide bonds. The van der Waals surface area contributed by atoms with Crippen molar-refractivity contribution >= 4 is 10.0 Å². The van der Waals surface area contributed by atoms with Crippen LogP contribution in [0.25, 0.3) is 0 Å². The molecule has 0 spiro atoms. The smallest absolute Gasteiger partial charge is 0.252 e. The van der Waals surface area contributed by atoms with E-state index in [2.05, 4.69) is 20.0 Å². The van der Waals surface area contributed by atoms with E-state index in [1.54, 1.807) is 29.2 Å². The second kappa shape index (κ2) is 5.90. The van der Waals surface area contributed by atoms with E-state index >= 15 is 0 Å². The molecule has 0 unspecified atom stereocenters. The Morgan fingerprint density at radius 2 is 2.19 bits per heavy atom. The van der Waals surface area contributed by atoms with Gasteiger partial charge in [-0.05, 0) is 30.9 Å². The van der Waals surface area contributed by atoms with Crippen LogP contribution in [0, 0.1) is 5.92 Å². The number of nitrogens with one attached hydrogen (secondary N) is 1. The monoisotopic (exact) mass is 307 g/mol. The molecule has 1 saturated carbocycles. The summed E-state index contributed by atoms with van der Waals surface area (Å²) in [5, 5.41) is 7.79. The fourth-order valence-electron chi connectivity index (χ4n) is 2.75. The van der Waals surface area contributed by atoms with Gasteiger partial charge in [0, 0.05) is 25.0 Å². The van der Waals surface area contributed by atoms with Crippen LogP contribution in [-0.4, -0.2) is 34.4 Å². The predicted octanol–water partition coefficient (Wildman–Crippen LogP) is 0.820. The summed E-state index contributed by atoms with van der Waals surface area (Å²) < 4.78 is 29.2. The molecule has 8 heteroatoms. The van der Waals surface area contributed by atoms with Gasteiger partial charge in [0.05, 0.1) is 6.20 Å². The molecule has 1 aliphatic rings. The van der Waals surface area contributed by atoms with Crippen molar-refractivity contribution in [3.63, 3.8) is 0 Å². The van der Waals surface area contributed by atoms with E-state index in [0.29, 0.717) is 6.54 Å². The van der Waals surface area contributed by atoms with Gasteiger partial charge in [0.25, 0.3) is 10.0 Å². The average molecular weight is 307 g/mol. The zero-order chi connectivity index (χ0) is 14.7. The zero-order valence-corrected chi connectivity index (χ0v) is 12.3. The van der Waals surface area contributed by atoms with E-state index in [1.165, 1.54) is 12.3 Å². The van der Waals surface area contributed by atoms with Crippen LogP contribution in [-0.2, 0) is 16.6 Å². The van der Waals surface area contributed by atoms with E-state index in [9.17, 15) is 8.42 Å². The molecular weight excluding hydrogens is 290 g/mol. The van der Waals surface area contributed by atoms with Crippen LogP contribution in [0.4, 0.5) is 0 Å². The third-order valence-corrected chi connectivity index (χ3v) is 5.18. The highest BCUT2D eigenvalue weighted by Crippen LogP contribution is 2.28. The minimum atomic E-state index is -3.56. The molecule has 1 aliphatic carbocycles. The first kappa shape index (κ1) is 14.2. The Morgan fingerprint density at radius 3 is 2.90 bits per heavy atom. The molecule has 2 aromatic heterocycles. The normalized spacial score (nSPS) is 22.5. The lowest BCUT2D eigenvalue weighted by Gasteiger charge is -2.20. The Balaban J connectivity index is 1.71. The molecule has 0 radical (unpaired) electrons. The van der Waals surface area contributed by atoms with Crippen LogP contribution in [0.15, 0.2) is 41.8 Å². The molecule has 2 atom stereocenters. The highest BCUT2D eigenvalue weighted by Gasteiger charge is 2.32. The van der Waals surface area contributed by atoms with Crippen molar-refractivity contribution in [3.05, 3.63) is 36.8 Å². The Labute approximate surface area is 123 Å². The maximum atomic E-state index is 12.3. The third kappa shape index (κ3) is 3.27. The summed E-state index contributed by atoms with van der Waals surface area (Å²) in [6.07, 6.45) is 7.73. The fourth-order valence-corrected chi connectivity index (χ4v) is 4.03. The van der Waals surface area contributed by atoms with Crippen LogP contribution >= 0.6 is 0 Å². The van der Waals surface area contributed by atoms with Gasteiger partial charge in [-0.3, -0.25) is 4.68 Å². The lowest BCUT2D eigenvalue weighted by Crippen LogP contribution is -2.39. The summed E-state index contributed by atoms with van der Waals surface area (Å²) in [4.78, 5) is 3.92. The van der Waals surface area contributed by atoms with Crippen LogP contribution in [0.2, 0.25) is 0 Å². The minimum absolute atomic E-state index is 0.0661. The number of hydrogen-bond acceptors (Lipinski definition) is 5. The number of pyridine rings is 1. The molecule has 3 rings (SSSR count). The molecule has 1 N–H and O–H groups in total. The van der Waals surface area contributed by atoms with Crippen molar-refractivity contribution < 1.29 is 8.42 Å². The standard InChI is InChI=1S/C13H17N5O2S/c19-21(20,13-6-1-2-7-14-13)16-12-5-3-4-11(12)10-18-9-8-15-17-18/h1-2,6-9,11-12,16H,3-5,10H2/t11-,12-/m1/s1. The molecule has 0 saturated heterocycles. The first-order chi connectivity index (χ1) is 10.1. The predicted molar refractivity (Wildman–Crippen MR) is 75.7 cm³/mol. The number of hydrogen-bond donors (Lipinski definition) is 1. The van der Waals surface area contributed by atoms with E-state index in [1.807, 2.05) is 0 Å². The van der Waals surface area contributed by atoms with Crippen molar-refractivity contribution in [1.82, 2.24) is 24.7 Å². The summed E-state index contributed by atoms with van der Waals surface area (Å²) in [7, 11) is -3.56. The quantitative estimate of drug-likeness (QED) is 0.883. The number of aromatic nitrogens is 4. The number of nitrogens with zero attached hydrogens (tertiary/aromatic N) is 4. The molecule has 2 heterocycles. The molecule has 2 aromatic rings. The number of rotatable bonds is 5. The van der Waals surface area contributed by atoms with Gasteiger partial charge in [-0.15, -0.1) is 5.10 Å². The van der Waals surface area contributed by atoms with Crippen molar-refractivity contribution in [2.45, 2.75) is 36.9 Å².